The molecule has 0 saturated heterocycles. The van der Waals surface area contributed by atoms with Gasteiger partial charge in [-0.25, -0.2) is 13.1 Å². The molecule has 2 aromatic rings. The van der Waals surface area contributed by atoms with Crippen molar-refractivity contribution < 1.29 is 22.7 Å². The average molecular weight is 429 g/mol. The average Bonchev–Trinajstić information content (AvgIpc) is 3.09. The SMILES string of the molecule is COc1ccc(OC)c([C@@H](C)NS(=O)(=O)c2nnc(NC(=O)C(C)(C)C)s2)c1. The molecule has 0 radical (unpaired) electrons. The van der Waals surface area contributed by atoms with Gasteiger partial charge >= 0.3 is 0 Å². The van der Waals surface area contributed by atoms with Crippen LogP contribution < -0.4 is 19.5 Å². The number of amides is 1. The first-order valence-electron chi connectivity index (χ1n) is 8.37. The minimum Gasteiger partial charge on any atom is -0.497 e. The van der Waals surface area contributed by atoms with E-state index in [1.165, 1.54) is 14.2 Å². The summed E-state index contributed by atoms with van der Waals surface area (Å²) in [4.78, 5) is 12.0. The van der Waals surface area contributed by atoms with Crippen LogP contribution in [0.1, 0.15) is 39.3 Å². The number of nitrogens with zero attached hydrogens (tertiary/aromatic N) is 2. The van der Waals surface area contributed by atoms with Gasteiger partial charge in [0, 0.05) is 17.0 Å². The fourth-order valence-corrected chi connectivity index (χ4v) is 4.31. The van der Waals surface area contributed by atoms with Gasteiger partial charge in [-0.1, -0.05) is 32.1 Å². The summed E-state index contributed by atoms with van der Waals surface area (Å²) in [7, 11) is -0.931. The summed E-state index contributed by atoms with van der Waals surface area (Å²) in [6, 6.07) is 4.50. The second-order valence-corrected chi connectivity index (χ2v) is 9.89. The van der Waals surface area contributed by atoms with Crippen molar-refractivity contribution in [2.24, 2.45) is 5.41 Å². The van der Waals surface area contributed by atoms with E-state index >= 15 is 0 Å². The van der Waals surface area contributed by atoms with Crippen molar-refractivity contribution in [2.45, 2.75) is 38.1 Å². The zero-order chi connectivity index (χ0) is 21.1. The van der Waals surface area contributed by atoms with Gasteiger partial charge in [0.05, 0.1) is 14.2 Å². The first kappa shape index (κ1) is 22.1. The lowest BCUT2D eigenvalue weighted by Gasteiger charge is -2.17. The maximum atomic E-state index is 12.7. The summed E-state index contributed by atoms with van der Waals surface area (Å²) in [5.74, 6) is 0.811. The van der Waals surface area contributed by atoms with Crippen LogP contribution in [0.15, 0.2) is 22.5 Å². The normalized spacial score (nSPS) is 13.1. The molecular formula is C17H24N4O5S2. The molecule has 11 heteroatoms. The number of benzene rings is 1. The van der Waals surface area contributed by atoms with Gasteiger partial charge in [-0.2, -0.15) is 0 Å². The molecular weight excluding hydrogens is 404 g/mol. The number of hydrogen-bond acceptors (Lipinski definition) is 8. The van der Waals surface area contributed by atoms with Crippen LogP contribution in [-0.2, 0) is 14.8 Å². The number of rotatable bonds is 7. The number of hydrogen-bond donors (Lipinski definition) is 2. The number of nitrogens with one attached hydrogen (secondary N) is 2. The number of carbonyl (C=O) groups is 1. The molecule has 0 fully saturated rings. The van der Waals surface area contributed by atoms with Gasteiger partial charge in [-0.15, -0.1) is 10.2 Å². The van der Waals surface area contributed by atoms with Crippen LogP contribution in [0, 0.1) is 5.41 Å². The van der Waals surface area contributed by atoms with Gasteiger partial charge in [0.1, 0.15) is 11.5 Å². The number of ether oxygens (including phenoxy) is 2. The Bertz CT molecular complexity index is 951. The Labute approximate surface area is 168 Å². The van der Waals surface area contributed by atoms with Crippen LogP contribution in [0.2, 0.25) is 0 Å². The van der Waals surface area contributed by atoms with Crippen LogP contribution in [0.25, 0.3) is 0 Å². The van der Waals surface area contributed by atoms with Gasteiger partial charge in [-0.3, -0.25) is 4.79 Å². The van der Waals surface area contributed by atoms with E-state index in [0.29, 0.717) is 17.1 Å². The number of methoxy groups -OCH3 is 2. The summed E-state index contributed by atoms with van der Waals surface area (Å²) in [5.41, 5.74) is -0.0309. The minimum absolute atomic E-state index is 0.118. The number of sulfonamides is 1. The van der Waals surface area contributed by atoms with E-state index in [4.69, 9.17) is 9.47 Å². The van der Waals surface area contributed by atoms with E-state index in [1.54, 1.807) is 45.9 Å². The van der Waals surface area contributed by atoms with Crippen LogP contribution >= 0.6 is 11.3 Å². The third-order valence-electron chi connectivity index (χ3n) is 3.77. The van der Waals surface area contributed by atoms with Crippen molar-refractivity contribution in [3.63, 3.8) is 0 Å². The Hall–Kier alpha value is -2.24. The smallest absolute Gasteiger partial charge is 0.270 e. The van der Waals surface area contributed by atoms with Gasteiger partial charge in [-0.05, 0) is 25.1 Å². The second kappa shape index (κ2) is 8.41. The molecule has 0 aliphatic rings. The Balaban J connectivity index is 2.21. The number of anilines is 1. The maximum absolute atomic E-state index is 12.7. The standard InChI is InChI=1S/C17H24N4O5S2/c1-10(12-9-11(25-5)7-8-13(12)26-6)21-28(23,24)16-20-19-15(27-16)18-14(22)17(2,3)4/h7-10,21H,1-6H3,(H,18,19,22)/t10-/m1/s1. The first-order valence-corrected chi connectivity index (χ1v) is 10.7. The highest BCUT2D eigenvalue weighted by atomic mass is 32.2. The molecule has 0 aliphatic heterocycles. The zero-order valence-corrected chi connectivity index (χ0v) is 18.2. The highest BCUT2D eigenvalue weighted by Gasteiger charge is 2.27. The minimum atomic E-state index is -3.96. The summed E-state index contributed by atoms with van der Waals surface area (Å²) in [6.45, 7) is 6.90. The van der Waals surface area contributed by atoms with Gasteiger partial charge < -0.3 is 14.8 Å². The molecule has 0 aliphatic carbocycles. The fourth-order valence-electron chi connectivity index (χ4n) is 2.18. The van der Waals surface area contributed by atoms with E-state index in [0.717, 1.165) is 11.3 Å². The van der Waals surface area contributed by atoms with Crippen LogP contribution in [0.5, 0.6) is 11.5 Å². The molecule has 28 heavy (non-hydrogen) atoms. The molecule has 0 unspecified atom stereocenters. The fraction of sp³-hybridized carbons (Fsp3) is 0.471. The van der Waals surface area contributed by atoms with Crippen molar-refractivity contribution in [1.29, 1.82) is 0 Å². The molecule has 1 aromatic heterocycles. The third kappa shape index (κ3) is 5.18. The van der Waals surface area contributed by atoms with E-state index in [9.17, 15) is 13.2 Å². The molecule has 1 aromatic carbocycles. The van der Waals surface area contributed by atoms with Crippen molar-refractivity contribution in [3.05, 3.63) is 23.8 Å². The lowest BCUT2D eigenvalue weighted by molar-refractivity contribution is -0.123. The van der Waals surface area contributed by atoms with Crippen molar-refractivity contribution >= 4 is 32.4 Å². The van der Waals surface area contributed by atoms with Crippen LogP contribution in [-0.4, -0.2) is 38.7 Å². The zero-order valence-electron chi connectivity index (χ0n) is 16.6. The maximum Gasteiger partial charge on any atom is 0.270 e. The third-order valence-corrected chi connectivity index (χ3v) is 6.52. The summed E-state index contributed by atoms with van der Waals surface area (Å²) >= 11 is 0.778. The Morgan fingerprint density at radius 2 is 1.86 bits per heavy atom. The van der Waals surface area contributed by atoms with Gasteiger partial charge in [0.15, 0.2) is 0 Å². The van der Waals surface area contributed by atoms with Crippen molar-refractivity contribution in [2.75, 3.05) is 19.5 Å². The van der Waals surface area contributed by atoms with E-state index in [-0.39, 0.29) is 15.4 Å². The predicted molar refractivity (Wildman–Crippen MR) is 106 cm³/mol. The summed E-state index contributed by atoms with van der Waals surface area (Å²) in [5, 5.41) is 10.1. The molecule has 0 spiro atoms. The van der Waals surface area contributed by atoms with Crippen LogP contribution in [0.3, 0.4) is 0 Å². The summed E-state index contributed by atoms with van der Waals surface area (Å²) < 4.78 is 38.2. The molecule has 2 rings (SSSR count). The highest BCUT2D eigenvalue weighted by molar-refractivity contribution is 7.91. The topological polar surface area (TPSA) is 120 Å². The number of aromatic nitrogens is 2. The predicted octanol–water partition coefficient (Wildman–Crippen LogP) is 2.58. The number of carbonyl (C=O) groups excluding carboxylic acids is 1. The van der Waals surface area contributed by atoms with Crippen molar-refractivity contribution in [1.82, 2.24) is 14.9 Å². The molecule has 154 valence electrons. The lowest BCUT2D eigenvalue weighted by Crippen LogP contribution is -2.27. The molecule has 9 nitrogen and oxygen atoms in total. The highest BCUT2D eigenvalue weighted by Crippen LogP contribution is 2.31. The van der Waals surface area contributed by atoms with E-state index < -0.39 is 21.5 Å². The van der Waals surface area contributed by atoms with E-state index in [2.05, 4.69) is 20.2 Å². The molecule has 1 atom stereocenters. The molecule has 1 heterocycles. The Morgan fingerprint density at radius 1 is 1.18 bits per heavy atom. The molecule has 2 N–H and O–H groups in total. The molecule has 0 saturated carbocycles. The summed E-state index contributed by atoms with van der Waals surface area (Å²) in [6.07, 6.45) is 0. The second-order valence-electron chi connectivity index (χ2n) is 7.03. The Kier molecular flexibility index (Phi) is 6.63. The quantitative estimate of drug-likeness (QED) is 0.650. The van der Waals surface area contributed by atoms with Gasteiger partial charge in [0.25, 0.3) is 10.0 Å². The van der Waals surface area contributed by atoms with E-state index in [1.807, 2.05) is 0 Å². The lowest BCUT2D eigenvalue weighted by atomic mass is 9.96. The van der Waals surface area contributed by atoms with Crippen molar-refractivity contribution in [3.8, 4) is 11.5 Å². The van der Waals surface area contributed by atoms with Crippen LogP contribution in [0.4, 0.5) is 5.13 Å². The first-order chi connectivity index (χ1) is 13.0. The van der Waals surface area contributed by atoms with Gasteiger partial charge in [0.2, 0.25) is 15.4 Å². The molecule has 1 amide bonds. The molecule has 0 bridgehead atoms. The monoisotopic (exact) mass is 428 g/mol. The largest absolute Gasteiger partial charge is 0.497 e. The Morgan fingerprint density at radius 3 is 2.43 bits per heavy atom.